The first-order chi connectivity index (χ1) is 8.79. The van der Waals surface area contributed by atoms with Crippen molar-refractivity contribution in [3.63, 3.8) is 0 Å². The molecular weight excluding hydrogens is 228 g/mol. The molecule has 0 bridgehead atoms. The minimum Gasteiger partial charge on any atom is -0.314 e. The van der Waals surface area contributed by atoms with Crippen LogP contribution >= 0.6 is 0 Å². The molecule has 1 aliphatic heterocycles. The topological polar surface area (TPSA) is 58.9 Å². The molecule has 18 heavy (non-hydrogen) atoms. The van der Waals surface area contributed by atoms with Gasteiger partial charge in [0.25, 0.3) is 0 Å². The minimum atomic E-state index is 0.840. The number of nitrogens with zero attached hydrogens (tertiary/aromatic N) is 5. The van der Waals surface area contributed by atoms with Crippen molar-refractivity contribution in [2.75, 3.05) is 19.6 Å². The lowest BCUT2D eigenvalue weighted by Crippen LogP contribution is -2.37. The van der Waals surface area contributed by atoms with Gasteiger partial charge in [-0.15, -0.1) is 10.2 Å². The van der Waals surface area contributed by atoms with Crippen LogP contribution in [0.25, 0.3) is 0 Å². The fourth-order valence-corrected chi connectivity index (χ4v) is 2.56. The third kappa shape index (κ3) is 3.26. The number of nitrogens with one attached hydrogen (secondary N) is 1. The molecule has 6 heteroatoms. The average molecular weight is 250 g/mol. The third-order valence-corrected chi connectivity index (χ3v) is 3.89. The Morgan fingerprint density at radius 3 is 2.61 bits per heavy atom. The molecule has 0 aromatic carbocycles. The van der Waals surface area contributed by atoms with Gasteiger partial charge in [0, 0.05) is 6.04 Å². The Kier molecular flexibility index (Phi) is 3.56. The highest BCUT2D eigenvalue weighted by molar-refractivity contribution is 4.84. The van der Waals surface area contributed by atoms with Gasteiger partial charge in [0.15, 0.2) is 5.82 Å². The van der Waals surface area contributed by atoms with Gasteiger partial charge < -0.3 is 5.32 Å². The molecule has 100 valence electrons. The lowest BCUT2D eigenvalue weighted by atomic mass is 9.97. The van der Waals surface area contributed by atoms with Crippen molar-refractivity contribution in [1.29, 1.82) is 0 Å². The number of piperidine rings is 1. The first kappa shape index (κ1) is 12.0. The molecule has 1 aromatic heterocycles. The molecule has 1 aliphatic carbocycles. The molecule has 2 aliphatic rings. The van der Waals surface area contributed by atoms with Crippen LogP contribution in [0.3, 0.4) is 0 Å². The summed E-state index contributed by atoms with van der Waals surface area (Å²) in [5.41, 5.74) is 0. The van der Waals surface area contributed by atoms with Crippen molar-refractivity contribution in [2.45, 2.75) is 38.3 Å². The molecule has 0 spiro atoms. The normalized spacial score (nSPS) is 22.5. The van der Waals surface area contributed by atoms with Crippen LogP contribution in [0, 0.1) is 5.92 Å². The van der Waals surface area contributed by atoms with Gasteiger partial charge in [0.05, 0.1) is 13.6 Å². The second-order valence-electron chi connectivity index (χ2n) is 5.60. The summed E-state index contributed by atoms with van der Waals surface area (Å²) in [5, 5.41) is 15.8. The zero-order chi connectivity index (χ0) is 12.4. The molecule has 1 N–H and O–H groups in total. The van der Waals surface area contributed by atoms with Crippen molar-refractivity contribution >= 4 is 0 Å². The largest absolute Gasteiger partial charge is 0.314 e. The van der Waals surface area contributed by atoms with E-state index in [1.807, 2.05) is 7.05 Å². The predicted octanol–water partition coefficient (Wildman–Crippen LogP) is 0.174. The number of tetrazole rings is 1. The summed E-state index contributed by atoms with van der Waals surface area (Å²) in [7, 11) is 1.81. The number of aromatic nitrogens is 4. The molecular formula is C12H22N6. The van der Waals surface area contributed by atoms with Crippen LogP contribution in [-0.2, 0) is 13.6 Å². The fraction of sp³-hybridized carbons (Fsp3) is 0.917. The molecule has 0 radical (unpaired) electrons. The zero-order valence-electron chi connectivity index (χ0n) is 11.0. The molecule has 1 saturated carbocycles. The average Bonchev–Trinajstić information content (AvgIpc) is 3.12. The highest BCUT2D eigenvalue weighted by Gasteiger charge is 2.24. The summed E-state index contributed by atoms with van der Waals surface area (Å²) >= 11 is 0. The van der Waals surface area contributed by atoms with Crippen molar-refractivity contribution in [1.82, 2.24) is 30.4 Å². The first-order valence-electron chi connectivity index (χ1n) is 6.98. The van der Waals surface area contributed by atoms with Crippen molar-refractivity contribution in [3.8, 4) is 0 Å². The lowest BCUT2D eigenvalue weighted by molar-refractivity contribution is 0.171. The maximum absolute atomic E-state index is 4.23. The van der Waals surface area contributed by atoms with E-state index in [1.165, 1.54) is 37.0 Å². The van der Waals surface area contributed by atoms with E-state index in [0.29, 0.717) is 0 Å². The zero-order valence-corrected chi connectivity index (χ0v) is 11.0. The Labute approximate surface area is 108 Å². The van der Waals surface area contributed by atoms with Gasteiger partial charge in [-0.3, -0.25) is 4.90 Å². The molecule has 0 unspecified atom stereocenters. The van der Waals surface area contributed by atoms with Crippen molar-refractivity contribution in [3.05, 3.63) is 5.82 Å². The SMILES string of the molecule is Cn1nnc(CN2CCC(CNC3CC3)CC2)n1. The Bertz CT molecular complexity index is 378. The quantitative estimate of drug-likeness (QED) is 0.807. The van der Waals surface area contributed by atoms with E-state index in [0.717, 1.165) is 37.4 Å². The van der Waals surface area contributed by atoms with Crippen LogP contribution in [-0.4, -0.2) is 50.8 Å². The number of rotatable bonds is 5. The van der Waals surface area contributed by atoms with Crippen LogP contribution < -0.4 is 5.32 Å². The standard InChI is InChI=1S/C12H22N6/c1-17-15-12(14-16-17)9-18-6-4-10(5-7-18)8-13-11-2-3-11/h10-11,13H,2-9H2,1H3. The maximum Gasteiger partial charge on any atom is 0.188 e. The Hall–Kier alpha value is -1.01. The van der Waals surface area contributed by atoms with E-state index in [9.17, 15) is 0 Å². The van der Waals surface area contributed by atoms with Crippen LogP contribution in [0.4, 0.5) is 0 Å². The van der Waals surface area contributed by atoms with E-state index in [-0.39, 0.29) is 0 Å². The summed E-state index contributed by atoms with van der Waals surface area (Å²) in [4.78, 5) is 3.96. The highest BCUT2D eigenvalue weighted by atomic mass is 15.6. The molecule has 2 fully saturated rings. The number of hydrogen-bond donors (Lipinski definition) is 1. The third-order valence-electron chi connectivity index (χ3n) is 3.89. The molecule has 1 aromatic rings. The number of likely N-dealkylation sites (tertiary alicyclic amines) is 1. The van der Waals surface area contributed by atoms with E-state index >= 15 is 0 Å². The van der Waals surface area contributed by atoms with E-state index in [2.05, 4.69) is 25.6 Å². The Morgan fingerprint density at radius 1 is 1.22 bits per heavy atom. The Balaban J connectivity index is 1.39. The highest BCUT2D eigenvalue weighted by Crippen LogP contribution is 2.22. The fourth-order valence-electron chi connectivity index (χ4n) is 2.56. The van der Waals surface area contributed by atoms with Gasteiger partial charge >= 0.3 is 0 Å². The van der Waals surface area contributed by atoms with E-state index in [1.54, 1.807) is 0 Å². The minimum absolute atomic E-state index is 0.840. The smallest absolute Gasteiger partial charge is 0.188 e. The summed E-state index contributed by atoms with van der Waals surface area (Å²) in [6, 6.07) is 0.840. The second kappa shape index (κ2) is 5.32. The van der Waals surface area contributed by atoms with Gasteiger partial charge in [-0.05, 0) is 56.4 Å². The van der Waals surface area contributed by atoms with Crippen molar-refractivity contribution < 1.29 is 0 Å². The van der Waals surface area contributed by atoms with Gasteiger partial charge in [0.2, 0.25) is 0 Å². The lowest BCUT2D eigenvalue weighted by Gasteiger charge is -2.31. The monoisotopic (exact) mass is 250 g/mol. The maximum atomic E-state index is 4.23. The van der Waals surface area contributed by atoms with Crippen LogP contribution in [0.15, 0.2) is 0 Å². The molecule has 6 nitrogen and oxygen atoms in total. The number of aryl methyl sites for hydroxylation is 1. The first-order valence-corrected chi connectivity index (χ1v) is 6.98. The molecule has 3 rings (SSSR count). The molecule has 0 atom stereocenters. The van der Waals surface area contributed by atoms with Gasteiger partial charge in [-0.25, -0.2) is 0 Å². The number of hydrogen-bond acceptors (Lipinski definition) is 5. The van der Waals surface area contributed by atoms with Gasteiger partial charge in [-0.2, -0.15) is 4.80 Å². The summed E-state index contributed by atoms with van der Waals surface area (Å²) in [5.74, 6) is 1.70. The molecule has 2 heterocycles. The predicted molar refractivity (Wildman–Crippen MR) is 67.8 cm³/mol. The van der Waals surface area contributed by atoms with Gasteiger partial charge in [-0.1, -0.05) is 0 Å². The van der Waals surface area contributed by atoms with E-state index < -0.39 is 0 Å². The van der Waals surface area contributed by atoms with Crippen LogP contribution in [0.5, 0.6) is 0 Å². The molecule has 1 saturated heterocycles. The second-order valence-corrected chi connectivity index (χ2v) is 5.60. The van der Waals surface area contributed by atoms with Crippen LogP contribution in [0.2, 0.25) is 0 Å². The van der Waals surface area contributed by atoms with Crippen LogP contribution in [0.1, 0.15) is 31.5 Å². The molecule has 0 amide bonds. The van der Waals surface area contributed by atoms with Crippen molar-refractivity contribution in [2.24, 2.45) is 13.0 Å². The summed E-state index contributed by atoms with van der Waals surface area (Å²) in [6.45, 7) is 4.38. The Morgan fingerprint density at radius 2 is 2.00 bits per heavy atom. The van der Waals surface area contributed by atoms with E-state index in [4.69, 9.17) is 0 Å². The van der Waals surface area contributed by atoms with Gasteiger partial charge in [0.1, 0.15) is 0 Å². The summed E-state index contributed by atoms with van der Waals surface area (Å²) < 4.78 is 0. The summed E-state index contributed by atoms with van der Waals surface area (Å²) in [6.07, 6.45) is 5.36.